The van der Waals surface area contributed by atoms with Crippen molar-refractivity contribution in [3.05, 3.63) is 52.7 Å². The largest absolute Gasteiger partial charge is 0.481 e. The topological polar surface area (TPSA) is 68.5 Å². The molecule has 136 valence electrons. The molecule has 0 bridgehead atoms. The molecule has 1 aromatic carbocycles. The van der Waals surface area contributed by atoms with E-state index in [-0.39, 0.29) is 12.5 Å². The number of rotatable bonds is 6. The van der Waals surface area contributed by atoms with E-state index in [0.717, 1.165) is 16.0 Å². The number of aromatic nitrogens is 2. The highest BCUT2D eigenvalue weighted by Crippen LogP contribution is 2.22. The molecule has 0 N–H and O–H groups in total. The molecule has 3 aromatic rings. The van der Waals surface area contributed by atoms with E-state index in [1.807, 2.05) is 49.6 Å². The number of aryl methyl sites for hydroxylation is 2. The summed E-state index contributed by atoms with van der Waals surface area (Å²) in [6.45, 7) is 5.96. The van der Waals surface area contributed by atoms with Gasteiger partial charge in [-0.15, -0.1) is 11.3 Å². The average molecular weight is 371 g/mol. The van der Waals surface area contributed by atoms with Crippen LogP contribution < -0.4 is 4.74 Å². The summed E-state index contributed by atoms with van der Waals surface area (Å²) in [5, 5.41) is 5.91. The molecule has 0 aliphatic rings. The first-order valence-electron chi connectivity index (χ1n) is 8.29. The Hall–Kier alpha value is -2.67. The summed E-state index contributed by atoms with van der Waals surface area (Å²) in [7, 11) is 1.69. The van der Waals surface area contributed by atoms with E-state index >= 15 is 0 Å². The number of likely N-dealkylation sites (N-methyl/N-ethyl adjacent to an activating group) is 1. The Labute approximate surface area is 156 Å². The van der Waals surface area contributed by atoms with Gasteiger partial charge in [-0.25, -0.2) is 0 Å². The number of hydrogen-bond donors (Lipinski definition) is 0. The number of nitrogens with zero attached hydrogens (tertiary/aromatic N) is 3. The molecule has 3 rings (SSSR count). The molecule has 1 atom stereocenters. The third-order valence-corrected chi connectivity index (χ3v) is 4.81. The maximum atomic E-state index is 12.6. The fourth-order valence-corrected chi connectivity index (χ4v) is 3.24. The third kappa shape index (κ3) is 4.11. The van der Waals surface area contributed by atoms with E-state index in [4.69, 9.17) is 9.26 Å². The van der Waals surface area contributed by atoms with E-state index in [1.54, 1.807) is 14.0 Å². The van der Waals surface area contributed by atoms with E-state index in [2.05, 4.69) is 10.1 Å². The first-order chi connectivity index (χ1) is 12.4. The summed E-state index contributed by atoms with van der Waals surface area (Å²) in [6, 6.07) is 9.74. The fraction of sp³-hybridized carbons (Fsp3) is 0.316. The first kappa shape index (κ1) is 18.1. The van der Waals surface area contributed by atoms with Crippen LogP contribution in [0.3, 0.4) is 0 Å². The maximum Gasteiger partial charge on any atom is 0.263 e. The van der Waals surface area contributed by atoms with Crippen LogP contribution in [-0.2, 0) is 11.3 Å². The van der Waals surface area contributed by atoms with Gasteiger partial charge in [0, 0.05) is 7.05 Å². The van der Waals surface area contributed by atoms with E-state index in [1.165, 1.54) is 16.2 Å². The predicted octanol–water partition coefficient (Wildman–Crippen LogP) is 3.84. The van der Waals surface area contributed by atoms with Gasteiger partial charge in [-0.2, -0.15) is 4.98 Å². The molecule has 0 radical (unpaired) electrons. The molecule has 26 heavy (non-hydrogen) atoms. The van der Waals surface area contributed by atoms with Crippen molar-refractivity contribution in [2.45, 2.75) is 33.4 Å². The number of thiophene rings is 1. The molecule has 0 saturated heterocycles. The van der Waals surface area contributed by atoms with Gasteiger partial charge in [-0.1, -0.05) is 28.9 Å². The van der Waals surface area contributed by atoms with Gasteiger partial charge in [-0.3, -0.25) is 4.79 Å². The van der Waals surface area contributed by atoms with E-state index in [9.17, 15) is 4.79 Å². The van der Waals surface area contributed by atoms with Crippen molar-refractivity contribution in [3.63, 3.8) is 0 Å². The number of amides is 1. The zero-order valence-corrected chi connectivity index (χ0v) is 16.0. The lowest BCUT2D eigenvalue weighted by Crippen LogP contribution is -2.37. The van der Waals surface area contributed by atoms with Crippen molar-refractivity contribution in [2.24, 2.45) is 0 Å². The highest BCUT2D eigenvalue weighted by molar-refractivity contribution is 7.13. The highest BCUT2D eigenvalue weighted by Gasteiger charge is 2.22. The molecule has 2 aromatic heterocycles. The lowest BCUT2D eigenvalue weighted by molar-refractivity contribution is -0.137. The summed E-state index contributed by atoms with van der Waals surface area (Å²) in [6.07, 6.45) is -0.610. The standard InChI is InChI=1S/C19H21N3O3S/c1-12-7-8-15(13(2)10-12)24-14(3)19(23)22(4)11-17-20-18(21-25-17)16-6-5-9-26-16/h5-10,14H,11H2,1-4H3/t14-/m0/s1. The van der Waals surface area contributed by atoms with Gasteiger partial charge >= 0.3 is 0 Å². The predicted molar refractivity (Wildman–Crippen MR) is 100 cm³/mol. The maximum absolute atomic E-state index is 12.6. The van der Waals surface area contributed by atoms with Gasteiger partial charge in [0.05, 0.1) is 11.4 Å². The van der Waals surface area contributed by atoms with Crippen molar-refractivity contribution >= 4 is 17.2 Å². The minimum atomic E-state index is -0.610. The van der Waals surface area contributed by atoms with Crippen LogP contribution in [0.25, 0.3) is 10.7 Å². The Kier molecular flexibility index (Phi) is 5.37. The van der Waals surface area contributed by atoms with Gasteiger partial charge in [0.25, 0.3) is 5.91 Å². The first-order valence-corrected chi connectivity index (χ1v) is 9.17. The molecule has 0 saturated carbocycles. The number of ether oxygens (including phenoxy) is 1. The Balaban J connectivity index is 1.62. The Morgan fingerprint density at radius 2 is 2.15 bits per heavy atom. The minimum Gasteiger partial charge on any atom is -0.481 e. The zero-order valence-electron chi connectivity index (χ0n) is 15.2. The molecule has 1 amide bonds. The number of hydrogen-bond acceptors (Lipinski definition) is 6. The number of carbonyl (C=O) groups excluding carboxylic acids is 1. The monoisotopic (exact) mass is 371 g/mol. The van der Waals surface area contributed by atoms with Crippen molar-refractivity contribution in [1.29, 1.82) is 0 Å². The van der Waals surface area contributed by atoms with Crippen LogP contribution in [0.4, 0.5) is 0 Å². The molecular formula is C19H21N3O3S. The molecule has 7 heteroatoms. The van der Waals surface area contributed by atoms with Crippen LogP contribution in [-0.4, -0.2) is 34.1 Å². The Morgan fingerprint density at radius 1 is 1.35 bits per heavy atom. The van der Waals surface area contributed by atoms with Crippen molar-refractivity contribution in [3.8, 4) is 16.5 Å². The van der Waals surface area contributed by atoms with Crippen molar-refractivity contribution in [2.75, 3.05) is 7.05 Å². The van der Waals surface area contributed by atoms with Crippen LogP contribution in [0.2, 0.25) is 0 Å². The summed E-state index contributed by atoms with van der Waals surface area (Å²) in [4.78, 5) is 19.4. The Bertz CT molecular complexity index is 889. The summed E-state index contributed by atoms with van der Waals surface area (Å²) >= 11 is 1.54. The molecule has 0 fully saturated rings. The van der Waals surface area contributed by atoms with Gasteiger partial charge in [-0.05, 0) is 43.8 Å². The third-order valence-electron chi connectivity index (χ3n) is 3.94. The second-order valence-electron chi connectivity index (χ2n) is 6.21. The van der Waals surface area contributed by atoms with Crippen LogP contribution in [0, 0.1) is 13.8 Å². The molecule has 6 nitrogen and oxygen atoms in total. The fourth-order valence-electron chi connectivity index (χ4n) is 2.59. The van der Waals surface area contributed by atoms with Crippen LogP contribution in [0.5, 0.6) is 5.75 Å². The molecular weight excluding hydrogens is 350 g/mol. The lowest BCUT2D eigenvalue weighted by atomic mass is 10.1. The quantitative estimate of drug-likeness (QED) is 0.658. The van der Waals surface area contributed by atoms with Crippen LogP contribution in [0.15, 0.2) is 40.2 Å². The average Bonchev–Trinajstić information content (AvgIpc) is 3.27. The smallest absolute Gasteiger partial charge is 0.263 e. The Morgan fingerprint density at radius 3 is 2.85 bits per heavy atom. The normalized spacial score (nSPS) is 12.0. The molecule has 0 unspecified atom stereocenters. The highest BCUT2D eigenvalue weighted by atomic mass is 32.1. The van der Waals surface area contributed by atoms with Gasteiger partial charge in [0.15, 0.2) is 6.10 Å². The molecule has 2 heterocycles. The number of carbonyl (C=O) groups is 1. The van der Waals surface area contributed by atoms with E-state index < -0.39 is 6.10 Å². The minimum absolute atomic E-state index is 0.152. The molecule has 0 aliphatic carbocycles. The molecule has 0 aliphatic heterocycles. The zero-order chi connectivity index (χ0) is 18.7. The number of benzene rings is 1. The summed E-state index contributed by atoms with van der Waals surface area (Å²) in [5.41, 5.74) is 2.16. The molecule has 0 spiro atoms. The van der Waals surface area contributed by atoms with Crippen LogP contribution >= 0.6 is 11.3 Å². The second-order valence-corrected chi connectivity index (χ2v) is 7.16. The SMILES string of the molecule is Cc1ccc(O[C@@H](C)C(=O)N(C)Cc2nc(-c3cccs3)no2)c(C)c1. The van der Waals surface area contributed by atoms with Crippen LogP contribution in [0.1, 0.15) is 23.9 Å². The van der Waals surface area contributed by atoms with Crippen molar-refractivity contribution < 1.29 is 14.1 Å². The van der Waals surface area contributed by atoms with Gasteiger partial charge < -0.3 is 14.2 Å². The van der Waals surface area contributed by atoms with Gasteiger partial charge in [0.2, 0.25) is 11.7 Å². The van der Waals surface area contributed by atoms with Crippen molar-refractivity contribution in [1.82, 2.24) is 15.0 Å². The second kappa shape index (κ2) is 7.70. The summed E-state index contributed by atoms with van der Waals surface area (Å²) in [5.74, 6) is 1.49. The lowest BCUT2D eigenvalue weighted by Gasteiger charge is -2.21. The van der Waals surface area contributed by atoms with Gasteiger partial charge in [0.1, 0.15) is 5.75 Å². The van der Waals surface area contributed by atoms with E-state index in [0.29, 0.717) is 17.5 Å². The summed E-state index contributed by atoms with van der Waals surface area (Å²) < 4.78 is 11.1.